The summed E-state index contributed by atoms with van der Waals surface area (Å²) in [5.41, 5.74) is 6.61. The molecule has 0 radical (unpaired) electrons. The molecule has 0 saturated carbocycles. The molecule has 0 saturated heterocycles. The van der Waals surface area contributed by atoms with Crippen molar-refractivity contribution in [3.05, 3.63) is 24.0 Å². The molecule has 1 rings (SSSR count). The summed E-state index contributed by atoms with van der Waals surface area (Å²) in [5, 5.41) is 2.83. The van der Waals surface area contributed by atoms with E-state index in [1.165, 1.54) is 12.1 Å². The maximum absolute atomic E-state index is 12.4. The molecule has 7 heteroatoms. The van der Waals surface area contributed by atoms with Crippen LogP contribution in [0, 0.1) is 5.82 Å². The fraction of sp³-hybridized carbons (Fsp3) is 0.143. The zero-order valence-electron chi connectivity index (χ0n) is 7.44. The molecule has 0 bridgehead atoms. The lowest BCUT2D eigenvalue weighted by Crippen LogP contribution is -1.95. The zero-order valence-corrected chi connectivity index (χ0v) is 8.33. The monoisotopic (exact) mass is 221 g/mol. The van der Waals surface area contributed by atoms with Gasteiger partial charge >= 0.3 is 8.25 Å². The van der Waals surface area contributed by atoms with E-state index in [0.717, 1.165) is 5.69 Å². The van der Waals surface area contributed by atoms with Crippen LogP contribution in [0.3, 0.4) is 0 Å². The number of benzene rings is 1. The van der Waals surface area contributed by atoms with Crippen LogP contribution in [0.1, 0.15) is 0 Å². The lowest BCUT2D eigenvalue weighted by atomic mass is 10.2. The van der Waals surface area contributed by atoms with Crippen LogP contribution in [0.25, 0.3) is 0 Å². The van der Waals surface area contributed by atoms with E-state index in [0.29, 0.717) is 5.69 Å². The Morgan fingerprint density at radius 3 is 2.36 bits per heavy atom. The molecule has 0 aliphatic heterocycles. The first-order chi connectivity index (χ1) is 6.47. The van der Waals surface area contributed by atoms with Crippen LogP contribution in [-0.4, -0.2) is 16.8 Å². The Morgan fingerprint density at radius 1 is 1.50 bits per heavy atom. The average molecular weight is 221 g/mol. The van der Waals surface area contributed by atoms with Crippen LogP contribution in [0.2, 0.25) is 0 Å². The zero-order chi connectivity index (χ0) is 11.1. The van der Waals surface area contributed by atoms with Gasteiger partial charge in [-0.25, -0.2) is 4.39 Å². The topological polar surface area (TPSA) is 95.6 Å². The molecular weight excluding hydrogens is 210 g/mol. The molecule has 0 aromatic heterocycles. The molecule has 0 amide bonds. The van der Waals surface area contributed by atoms with Crippen molar-refractivity contribution in [1.82, 2.24) is 0 Å². The minimum atomic E-state index is -2.87. The van der Waals surface area contributed by atoms with Gasteiger partial charge in [0.05, 0.1) is 11.4 Å². The van der Waals surface area contributed by atoms with Crippen molar-refractivity contribution in [1.29, 1.82) is 0 Å². The van der Waals surface area contributed by atoms with E-state index in [-0.39, 0.29) is 5.82 Å². The van der Waals surface area contributed by atoms with Crippen LogP contribution in [0.5, 0.6) is 0 Å². The molecule has 0 heterocycles. The highest BCUT2D eigenvalue weighted by atomic mass is 31.1. The van der Waals surface area contributed by atoms with E-state index in [9.17, 15) is 4.39 Å². The number of hydrogen-bond donors (Lipinski definition) is 4. The van der Waals surface area contributed by atoms with Gasteiger partial charge in [0.25, 0.3) is 0 Å². The van der Waals surface area contributed by atoms with Crippen LogP contribution in [0.15, 0.2) is 18.2 Å². The smallest absolute Gasteiger partial charge is 0.397 e. The Labute approximate surface area is 81.3 Å². The maximum Gasteiger partial charge on any atom is 0.692 e. The molecule has 14 heavy (non-hydrogen) atoms. The van der Waals surface area contributed by atoms with E-state index in [2.05, 4.69) is 5.32 Å². The van der Waals surface area contributed by atoms with Crippen molar-refractivity contribution < 1.29 is 18.7 Å². The summed E-state index contributed by atoms with van der Waals surface area (Å²) in [5.74, 6) is -0.309. The Hall–Kier alpha value is -1.23. The van der Waals surface area contributed by atoms with Crippen molar-refractivity contribution in [3.63, 3.8) is 0 Å². The van der Waals surface area contributed by atoms with E-state index < -0.39 is 8.25 Å². The summed E-state index contributed by atoms with van der Waals surface area (Å²) in [4.78, 5) is 14.2. The number of halogens is 1. The van der Waals surface area contributed by atoms with Crippen LogP contribution in [0.4, 0.5) is 15.8 Å². The molecule has 0 unspecified atom stereocenters. The van der Waals surface area contributed by atoms with Gasteiger partial charge in [-0.05, 0) is 18.2 Å². The fourth-order valence-corrected chi connectivity index (χ4v) is 0.761. The Kier molecular flexibility index (Phi) is 5.71. The Bertz CT molecular complexity index is 318. The molecule has 1 aromatic carbocycles. The minimum absolute atomic E-state index is 0.309. The summed E-state index contributed by atoms with van der Waals surface area (Å²) >= 11 is 0. The highest BCUT2D eigenvalue weighted by Gasteiger charge is 1.96. The van der Waals surface area contributed by atoms with Crippen LogP contribution >= 0.6 is 8.25 Å². The number of hydrogen-bond acceptors (Lipinski definition) is 3. The lowest BCUT2D eigenvalue weighted by Gasteiger charge is -2.02. The summed E-state index contributed by atoms with van der Waals surface area (Å²) in [6.07, 6.45) is 0. The van der Waals surface area contributed by atoms with E-state index in [1.807, 2.05) is 0 Å². The predicted octanol–water partition coefficient (Wildman–Crippen LogP) is 1.08. The van der Waals surface area contributed by atoms with E-state index in [1.54, 1.807) is 13.1 Å². The maximum atomic E-state index is 12.4. The second-order valence-electron chi connectivity index (χ2n) is 2.23. The quantitative estimate of drug-likeness (QED) is 0.420. The van der Waals surface area contributed by atoms with Crippen LogP contribution < -0.4 is 11.1 Å². The van der Waals surface area contributed by atoms with Crippen molar-refractivity contribution in [2.75, 3.05) is 18.1 Å². The standard InChI is InChI=1S/C7H9FN2.HO3P/c1-10-7-3-2-5(8)4-6(7)9;1-4(2)3/h2-4,10H,9H2,1H3;(H-,1,2,3)/p+1. The average Bonchev–Trinajstić information content (AvgIpc) is 2.03. The normalized spacial score (nSPS) is 8.57. The second kappa shape index (κ2) is 6.26. The highest BCUT2D eigenvalue weighted by Crippen LogP contribution is 2.17. The van der Waals surface area contributed by atoms with Crippen molar-refractivity contribution >= 4 is 19.6 Å². The van der Waals surface area contributed by atoms with Gasteiger partial charge in [0.1, 0.15) is 5.82 Å². The largest absolute Gasteiger partial charge is 0.692 e. The first-order valence-corrected chi connectivity index (χ1v) is 4.71. The number of nitrogen functional groups attached to an aromatic ring is 1. The van der Waals surface area contributed by atoms with Gasteiger partial charge in [0.15, 0.2) is 0 Å². The van der Waals surface area contributed by atoms with Gasteiger partial charge in [-0.2, -0.15) is 0 Å². The van der Waals surface area contributed by atoms with E-state index in [4.69, 9.17) is 20.1 Å². The molecule has 0 spiro atoms. The molecule has 0 atom stereocenters. The number of anilines is 2. The predicted molar refractivity (Wildman–Crippen MR) is 52.4 cm³/mol. The van der Waals surface area contributed by atoms with Crippen molar-refractivity contribution in [2.24, 2.45) is 0 Å². The molecular formula is C7H11FN2O3P+. The fourth-order valence-electron chi connectivity index (χ4n) is 0.761. The lowest BCUT2D eigenvalue weighted by molar-refractivity contribution is 0.405. The van der Waals surface area contributed by atoms with Gasteiger partial charge in [0, 0.05) is 11.6 Å². The van der Waals surface area contributed by atoms with Gasteiger partial charge in [-0.15, -0.1) is 9.79 Å². The van der Waals surface area contributed by atoms with Crippen molar-refractivity contribution in [2.45, 2.75) is 0 Å². The van der Waals surface area contributed by atoms with Gasteiger partial charge in [-0.3, -0.25) is 0 Å². The van der Waals surface area contributed by atoms with Gasteiger partial charge < -0.3 is 11.1 Å². The molecule has 0 aliphatic carbocycles. The van der Waals surface area contributed by atoms with Gasteiger partial charge in [-0.1, -0.05) is 0 Å². The molecule has 0 fully saturated rings. The third-order valence-electron chi connectivity index (χ3n) is 1.28. The first kappa shape index (κ1) is 12.8. The Balaban J connectivity index is 0.000000364. The summed E-state index contributed by atoms with van der Waals surface area (Å²) in [6.45, 7) is 0. The molecule has 5 nitrogen and oxygen atoms in total. The number of nitrogens with one attached hydrogen (secondary N) is 1. The summed E-state index contributed by atoms with van der Waals surface area (Å²) < 4.78 is 21.1. The third-order valence-corrected chi connectivity index (χ3v) is 1.28. The van der Waals surface area contributed by atoms with E-state index >= 15 is 0 Å². The SMILES string of the molecule is CNc1ccc(F)cc1N.O=[P+](O)O. The molecule has 78 valence electrons. The molecule has 1 aromatic rings. The Morgan fingerprint density at radius 2 is 2.00 bits per heavy atom. The second-order valence-corrected chi connectivity index (χ2v) is 2.74. The minimum Gasteiger partial charge on any atom is -0.397 e. The van der Waals surface area contributed by atoms with Crippen molar-refractivity contribution in [3.8, 4) is 0 Å². The number of nitrogens with two attached hydrogens (primary N) is 1. The highest BCUT2D eigenvalue weighted by molar-refractivity contribution is 7.30. The summed E-state index contributed by atoms with van der Waals surface area (Å²) in [6, 6.07) is 4.25. The third kappa shape index (κ3) is 5.42. The first-order valence-electron chi connectivity index (χ1n) is 3.55. The van der Waals surface area contributed by atoms with Gasteiger partial charge in [0.2, 0.25) is 0 Å². The number of rotatable bonds is 1. The summed E-state index contributed by atoms with van der Waals surface area (Å²) in [7, 11) is -1.13. The molecule has 5 N–H and O–H groups in total. The molecule has 0 aliphatic rings. The van der Waals surface area contributed by atoms with Crippen LogP contribution in [-0.2, 0) is 4.57 Å².